The number of nitrogens with two attached hydrogens (primary N) is 1. The number of anilines is 1. The molecule has 1 aromatic rings. The number of fused-ring (bicyclic) bond motifs is 1. The minimum absolute atomic E-state index is 0.00484. The number of hydrogen-bond acceptors (Lipinski definition) is 6. The average molecular weight is 331 g/mol. The van der Waals surface area contributed by atoms with Crippen LogP contribution in [0.5, 0.6) is 5.75 Å². The molecule has 22 heavy (non-hydrogen) atoms. The molecule has 1 fully saturated rings. The van der Waals surface area contributed by atoms with Crippen molar-refractivity contribution >= 4 is 21.8 Å². The fourth-order valence-corrected chi connectivity index (χ4v) is 3.91. The lowest BCUT2D eigenvalue weighted by molar-refractivity contribution is -0.117. The Bertz CT molecular complexity index is 767. The number of aliphatic hydroxyl groups excluding tert-OH is 1. The van der Waals surface area contributed by atoms with Crippen molar-refractivity contribution in [3.63, 3.8) is 0 Å². The first-order chi connectivity index (χ1) is 10.2. The van der Waals surface area contributed by atoms with E-state index in [1.165, 1.54) is 6.07 Å². The molecule has 0 saturated carbocycles. The first kappa shape index (κ1) is 15.0. The summed E-state index contributed by atoms with van der Waals surface area (Å²) in [6.07, 6.45) is -0.799. The van der Waals surface area contributed by atoms with Gasteiger partial charge in [-0.15, -0.1) is 0 Å². The number of hydrogen-bond donors (Lipinski definition) is 4. The quantitative estimate of drug-likeness (QED) is 0.495. The van der Waals surface area contributed by atoms with Crippen LogP contribution in [0.3, 0.4) is 0 Å². The number of carbonyl (C=O) groups is 1. The van der Waals surface area contributed by atoms with Crippen LogP contribution in [0, 0.1) is 5.82 Å². The van der Waals surface area contributed by atoms with E-state index in [0.29, 0.717) is 9.87 Å². The van der Waals surface area contributed by atoms with Crippen LogP contribution in [0.25, 0.3) is 0 Å². The van der Waals surface area contributed by atoms with Crippen molar-refractivity contribution in [3.05, 3.63) is 23.0 Å². The van der Waals surface area contributed by atoms with Crippen LogP contribution in [0.15, 0.2) is 6.07 Å². The van der Waals surface area contributed by atoms with Crippen LogP contribution in [-0.2, 0) is 27.8 Å². The van der Waals surface area contributed by atoms with Crippen LogP contribution in [0.4, 0.5) is 10.1 Å². The van der Waals surface area contributed by atoms with Crippen LogP contribution < -0.4 is 14.8 Å². The molecule has 0 unspecified atom stereocenters. The van der Waals surface area contributed by atoms with Crippen molar-refractivity contribution in [1.29, 1.82) is 0 Å². The molecule has 1 heterocycles. The summed E-state index contributed by atoms with van der Waals surface area (Å²) in [5.41, 5.74) is 5.62. The number of benzene rings is 1. The van der Waals surface area contributed by atoms with E-state index in [-0.39, 0.29) is 18.4 Å². The molecule has 1 aliphatic carbocycles. The first-order valence-electron chi connectivity index (χ1n) is 6.51. The monoisotopic (exact) mass is 331 g/mol. The second-order valence-electron chi connectivity index (χ2n) is 5.37. The lowest BCUT2D eigenvalue weighted by Crippen LogP contribution is -2.42. The predicted octanol–water partition coefficient (Wildman–Crippen LogP) is -1.50. The number of nitrogens with one attached hydrogen (secondary N) is 1. The average Bonchev–Trinajstić information content (AvgIpc) is 2.66. The molecule has 5 N–H and O–H groups in total. The van der Waals surface area contributed by atoms with Crippen molar-refractivity contribution in [1.82, 2.24) is 4.72 Å². The maximum absolute atomic E-state index is 14.7. The molecule has 10 heteroatoms. The van der Waals surface area contributed by atoms with E-state index >= 15 is 0 Å². The Hall–Kier alpha value is -1.91. The predicted molar refractivity (Wildman–Crippen MR) is 73.9 cm³/mol. The molecule has 0 radical (unpaired) electrons. The topological polar surface area (TPSA) is 133 Å². The van der Waals surface area contributed by atoms with E-state index in [0.717, 1.165) is 0 Å². The summed E-state index contributed by atoms with van der Waals surface area (Å²) in [6.45, 7) is -0.611. The van der Waals surface area contributed by atoms with Crippen LogP contribution >= 0.6 is 0 Å². The zero-order valence-electron chi connectivity index (χ0n) is 11.3. The largest absolute Gasteiger partial charge is 0.506 e. The minimum Gasteiger partial charge on any atom is -0.506 e. The highest BCUT2D eigenvalue weighted by atomic mass is 32.2. The summed E-state index contributed by atoms with van der Waals surface area (Å²) < 4.78 is 40.5. The van der Waals surface area contributed by atoms with E-state index in [2.05, 4.69) is 0 Å². The smallest absolute Gasteiger partial charge is 0.326 e. The number of aromatic hydroxyl groups is 1. The van der Waals surface area contributed by atoms with Crippen LogP contribution in [0.2, 0.25) is 0 Å². The van der Waals surface area contributed by atoms with E-state index in [4.69, 9.17) is 5.73 Å². The van der Waals surface area contributed by atoms with Crippen LogP contribution in [0.1, 0.15) is 11.1 Å². The van der Waals surface area contributed by atoms with Gasteiger partial charge >= 0.3 is 10.2 Å². The molecule has 120 valence electrons. The molecule has 8 nitrogen and oxygen atoms in total. The summed E-state index contributed by atoms with van der Waals surface area (Å²) in [4.78, 5) is 11.3. The standard InChI is InChI=1S/C12H14FN3O5S/c13-11-6-3-7(14)8(17)1-5(6)2-9(18)12(11)16-4-10(19)15-22(16,20)21/h2,7-8,17-18H,1,3-4,14H2,(H,15,19)/t7-,8+/m0/s1. The summed E-state index contributed by atoms with van der Waals surface area (Å²) >= 11 is 0. The molecule has 2 aliphatic rings. The van der Waals surface area contributed by atoms with E-state index in [1.807, 2.05) is 0 Å². The molecule has 1 saturated heterocycles. The Kier molecular flexibility index (Phi) is 3.27. The lowest BCUT2D eigenvalue weighted by Gasteiger charge is -2.29. The molecule has 1 amide bonds. The maximum Gasteiger partial charge on any atom is 0.326 e. The fourth-order valence-electron chi connectivity index (χ4n) is 2.75. The van der Waals surface area contributed by atoms with Gasteiger partial charge in [-0.2, -0.15) is 8.42 Å². The van der Waals surface area contributed by atoms with Crippen LogP contribution in [-0.4, -0.2) is 43.2 Å². The summed E-state index contributed by atoms with van der Waals surface area (Å²) in [6, 6.07) is 0.510. The lowest BCUT2D eigenvalue weighted by atomic mass is 9.85. The van der Waals surface area contributed by atoms with Gasteiger partial charge in [0.15, 0.2) is 5.82 Å². The zero-order chi connectivity index (χ0) is 16.2. The third kappa shape index (κ3) is 2.19. The highest BCUT2D eigenvalue weighted by Gasteiger charge is 2.39. The van der Waals surface area contributed by atoms with Gasteiger partial charge in [0, 0.05) is 12.5 Å². The van der Waals surface area contributed by atoms with Crippen molar-refractivity contribution in [2.75, 3.05) is 10.8 Å². The molecular formula is C12H14FN3O5S. The van der Waals surface area contributed by atoms with Crippen molar-refractivity contribution in [2.24, 2.45) is 5.73 Å². The van der Waals surface area contributed by atoms with Crippen molar-refractivity contribution in [2.45, 2.75) is 25.0 Å². The Morgan fingerprint density at radius 2 is 2.09 bits per heavy atom. The van der Waals surface area contributed by atoms with Gasteiger partial charge in [-0.05, 0) is 23.6 Å². The third-order valence-corrected chi connectivity index (χ3v) is 5.22. The molecule has 2 atom stereocenters. The Labute approximate surface area is 125 Å². The number of phenols is 1. The normalized spacial score (nSPS) is 26.7. The number of nitrogens with zero attached hydrogens (tertiary/aromatic N) is 1. The van der Waals surface area contributed by atoms with Gasteiger partial charge in [-0.1, -0.05) is 0 Å². The Morgan fingerprint density at radius 1 is 1.41 bits per heavy atom. The molecule has 1 aliphatic heterocycles. The summed E-state index contributed by atoms with van der Waals surface area (Å²) in [5.74, 6) is -2.37. The number of halogens is 1. The molecular weight excluding hydrogens is 317 g/mol. The Morgan fingerprint density at radius 3 is 2.68 bits per heavy atom. The summed E-state index contributed by atoms with van der Waals surface area (Å²) in [7, 11) is -4.23. The second kappa shape index (κ2) is 4.80. The SMILES string of the molecule is N[C@H]1Cc2c(cc(O)c(N3CC(=O)NS3(=O)=O)c2F)C[C@H]1O. The van der Waals surface area contributed by atoms with E-state index < -0.39 is 52.1 Å². The van der Waals surface area contributed by atoms with E-state index in [1.54, 1.807) is 4.72 Å². The molecule has 1 aromatic carbocycles. The molecule has 0 spiro atoms. The van der Waals surface area contributed by atoms with Gasteiger partial charge < -0.3 is 15.9 Å². The minimum atomic E-state index is -4.23. The first-order valence-corrected chi connectivity index (χ1v) is 7.95. The highest BCUT2D eigenvalue weighted by molar-refractivity contribution is 7.92. The van der Waals surface area contributed by atoms with Gasteiger partial charge in [0.1, 0.15) is 18.0 Å². The number of amides is 1. The highest BCUT2D eigenvalue weighted by Crippen LogP contribution is 2.39. The number of carbonyl (C=O) groups excluding carboxylic acids is 1. The molecule has 0 aromatic heterocycles. The summed E-state index contributed by atoms with van der Waals surface area (Å²) in [5, 5.41) is 19.7. The van der Waals surface area contributed by atoms with Gasteiger partial charge in [0.2, 0.25) is 0 Å². The Balaban J connectivity index is 2.15. The van der Waals surface area contributed by atoms with Gasteiger partial charge in [-0.3, -0.25) is 4.79 Å². The molecule has 0 bridgehead atoms. The number of phenolic OH excluding ortho intramolecular Hbond substituents is 1. The van der Waals surface area contributed by atoms with Gasteiger partial charge in [-0.25, -0.2) is 13.4 Å². The van der Waals surface area contributed by atoms with E-state index in [9.17, 15) is 27.8 Å². The fraction of sp³-hybridized carbons (Fsp3) is 0.417. The van der Waals surface area contributed by atoms with Crippen molar-refractivity contribution in [3.8, 4) is 5.75 Å². The zero-order valence-corrected chi connectivity index (χ0v) is 12.1. The number of aliphatic hydroxyl groups is 1. The maximum atomic E-state index is 14.7. The van der Waals surface area contributed by atoms with Gasteiger partial charge in [0.05, 0.1) is 6.10 Å². The second-order valence-corrected chi connectivity index (χ2v) is 6.97. The van der Waals surface area contributed by atoms with Crippen molar-refractivity contribution < 1.29 is 27.8 Å². The third-order valence-electron chi connectivity index (χ3n) is 3.85. The molecule has 3 rings (SSSR count). The van der Waals surface area contributed by atoms with Gasteiger partial charge in [0.25, 0.3) is 5.91 Å². The number of rotatable bonds is 1.